The van der Waals surface area contributed by atoms with E-state index in [2.05, 4.69) is 15.1 Å². The third kappa shape index (κ3) is 3.43. The standard InChI is InChI=1S/C16H22N4O3/c1-23-16(22)12-6-10-20(11-7-12)15(21)13-4-5-14(18-17-13)19-8-2-3-9-19/h4-5,12H,2-3,6-11H2,1H3. The summed E-state index contributed by atoms with van der Waals surface area (Å²) in [5.74, 6) is 0.428. The molecule has 1 aromatic rings. The van der Waals surface area contributed by atoms with Gasteiger partial charge in [-0.1, -0.05) is 0 Å². The number of nitrogens with zero attached hydrogens (tertiary/aromatic N) is 4. The molecule has 2 aliphatic heterocycles. The van der Waals surface area contributed by atoms with Gasteiger partial charge in [-0.3, -0.25) is 9.59 Å². The van der Waals surface area contributed by atoms with Gasteiger partial charge in [0.15, 0.2) is 11.5 Å². The predicted octanol–water partition coefficient (Wildman–Crippen LogP) is 1.10. The van der Waals surface area contributed by atoms with Crippen LogP contribution in [0.1, 0.15) is 36.2 Å². The molecule has 2 saturated heterocycles. The Morgan fingerprint density at radius 3 is 2.35 bits per heavy atom. The highest BCUT2D eigenvalue weighted by molar-refractivity contribution is 5.92. The number of ether oxygens (including phenoxy) is 1. The first-order valence-corrected chi connectivity index (χ1v) is 8.15. The van der Waals surface area contributed by atoms with Gasteiger partial charge in [0.1, 0.15) is 0 Å². The van der Waals surface area contributed by atoms with Gasteiger partial charge in [0, 0.05) is 26.2 Å². The van der Waals surface area contributed by atoms with E-state index in [1.54, 1.807) is 11.0 Å². The zero-order valence-corrected chi connectivity index (χ0v) is 13.4. The van der Waals surface area contributed by atoms with Gasteiger partial charge in [0.05, 0.1) is 13.0 Å². The van der Waals surface area contributed by atoms with Crippen LogP contribution in [0.3, 0.4) is 0 Å². The number of piperidine rings is 1. The Bertz CT molecular complexity index is 561. The van der Waals surface area contributed by atoms with Gasteiger partial charge < -0.3 is 14.5 Å². The Hall–Kier alpha value is -2.18. The van der Waals surface area contributed by atoms with Crippen molar-refractivity contribution in [1.29, 1.82) is 0 Å². The second-order valence-electron chi connectivity index (χ2n) is 6.06. The van der Waals surface area contributed by atoms with E-state index in [1.165, 1.54) is 20.0 Å². The van der Waals surface area contributed by atoms with E-state index in [1.807, 2.05) is 6.07 Å². The van der Waals surface area contributed by atoms with Crippen LogP contribution in [0.25, 0.3) is 0 Å². The number of methoxy groups -OCH3 is 1. The van der Waals surface area contributed by atoms with E-state index >= 15 is 0 Å². The van der Waals surface area contributed by atoms with Crippen molar-refractivity contribution >= 4 is 17.7 Å². The Morgan fingerprint density at radius 2 is 1.78 bits per heavy atom. The number of hydrogen-bond acceptors (Lipinski definition) is 6. The van der Waals surface area contributed by atoms with Gasteiger partial charge in [0.25, 0.3) is 5.91 Å². The lowest BCUT2D eigenvalue weighted by Crippen LogP contribution is -2.40. The fraction of sp³-hybridized carbons (Fsp3) is 0.625. The van der Waals surface area contributed by atoms with Crippen LogP contribution >= 0.6 is 0 Å². The number of carbonyl (C=O) groups excluding carboxylic acids is 2. The van der Waals surface area contributed by atoms with Crippen molar-refractivity contribution in [2.75, 3.05) is 38.2 Å². The summed E-state index contributed by atoms with van der Waals surface area (Å²) < 4.78 is 4.76. The molecule has 3 heterocycles. The number of esters is 1. The Labute approximate surface area is 135 Å². The third-order valence-electron chi connectivity index (χ3n) is 4.62. The molecule has 7 nitrogen and oxygen atoms in total. The third-order valence-corrected chi connectivity index (χ3v) is 4.62. The largest absolute Gasteiger partial charge is 0.469 e. The Kier molecular flexibility index (Phi) is 4.73. The fourth-order valence-electron chi connectivity index (χ4n) is 3.20. The van der Waals surface area contributed by atoms with Gasteiger partial charge in [0.2, 0.25) is 0 Å². The van der Waals surface area contributed by atoms with Crippen LogP contribution in [-0.2, 0) is 9.53 Å². The van der Waals surface area contributed by atoms with Gasteiger partial charge in [-0.25, -0.2) is 0 Å². The predicted molar refractivity (Wildman–Crippen MR) is 84.1 cm³/mol. The smallest absolute Gasteiger partial charge is 0.308 e. The van der Waals surface area contributed by atoms with Gasteiger partial charge >= 0.3 is 5.97 Å². The summed E-state index contributed by atoms with van der Waals surface area (Å²) in [4.78, 5) is 27.9. The topological polar surface area (TPSA) is 75.6 Å². The van der Waals surface area contributed by atoms with Crippen LogP contribution in [0.15, 0.2) is 12.1 Å². The quantitative estimate of drug-likeness (QED) is 0.777. The maximum atomic E-state index is 12.5. The van der Waals surface area contributed by atoms with Crippen molar-refractivity contribution in [2.45, 2.75) is 25.7 Å². The second kappa shape index (κ2) is 6.93. The molecule has 23 heavy (non-hydrogen) atoms. The summed E-state index contributed by atoms with van der Waals surface area (Å²) in [6.07, 6.45) is 3.63. The molecule has 124 valence electrons. The molecular weight excluding hydrogens is 296 g/mol. The molecule has 2 fully saturated rings. The minimum atomic E-state index is -0.188. The summed E-state index contributed by atoms with van der Waals surface area (Å²) in [7, 11) is 1.40. The lowest BCUT2D eigenvalue weighted by atomic mass is 9.97. The minimum Gasteiger partial charge on any atom is -0.469 e. The van der Waals surface area contributed by atoms with Crippen molar-refractivity contribution in [3.05, 3.63) is 17.8 Å². The zero-order valence-electron chi connectivity index (χ0n) is 13.4. The molecule has 0 aromatic carbocycles. The highest BCUT2D eigenvalue weighted by Gasteiger charge is 2.29. The van der Waals surface area contributed by atoms with E-state index in [0.29, 0.717) is 31.6 Å². The van der Waals surface area contributed by atoms with Crippen LogP contribution in [0, 0.1) is 5.92 Å². The maximum absolute atomic E-state index is 12.5. The number of amides is 1. The SMILES string of the molecule is COC(=O)C1CCN(C(=O)c2ccc(N3CCCC3)nn2)CC1. The Morgan fingerprint density at radius 1 is 1.09 bits per heavy atom. The van der Waals surface area contributed by atoms with Crippen molar-refractivity contribution < 1.29 is 14.3 Å². The fourth-order valence-corrected chi connectivity index (χ4v) is 3.20. The summed E-state index contributed by atoms with van der Waals surface area (Å²) in [5.41, 5.74) is 0.365. The van der Waals surface area contributed by atoms with Gasteiger partial charge in [-0.2, -0.15) is 0 Å². The molecule has 1 aromatic heterocycles. The van der Waals surface area contributed by atoms with Crippen molar-refractivity contribution in [1.82, 2.24) is 15.1 Å². The molecule has 3 rings (SSSR count). The molecule has 2 aliphatic rings. The van der Waals surface area contributed by atoms with Crippen molar-refractivity contribution in [2.24, 2.45) is 5.92 Å². The van der Waals surface area contributed by atoms with Gasteiger partial charge in [-0.05, 0) is 37.8 Å². The van der Waals surface area contributed by atoms with Crippen LogP contribution in [0.4, 0.5) is 5.82 Å². The number of aromatic nitrogens is 2. The maximum Gasteiger partial charge on any atom is 0.308 e. The molecular formula is C16H22N4O3. The highest BCUT2D eigenvalue weighted by atomic mass is 16.5. The Balaban J connectivity index is 1.59. The molecule has 7 heteroatoms. The lowest BCUT2D eigenvalue weighted by molar-refractivity contribution is -0.146. The lowest BCUT2D eigenvalue weighted by Gasteiger charge is -2.30. The average molecular weight is 318 g/mol. The van der Waals surface area contributed by atoms with Crippen molar-refractivity contribution in [3.8, 4) is 0 Å². The molecule has 0 bridgehead atoms. The van der Waals surface area contributed by atoms with Gasteiger partial charge in [-0.15, -0.1) is 10.2 Å². The number of hydrogen-bond donors (Lipinski definition) is 0. The molecule has 0 aliphatic carbocycles. The molecule has 0 atom stereocenters. The normalized spacial score (nSPS) is 19.0. The summed E-state index contributed by atoms with van der Waals surface area (Å²) >= 11 is 0. The monoisotopic (exact) mass is 318 g/mol. The summed E-state index contributed by atoms with van der Waals surface area (Å²) in [5, 5.41) is 8.28. The molecule has 0 spiro atoms. The number of likely N-dealkylation sites (tertiary alicyclic amines) is 1. The second-order valence-corrected chi connectivity index (χ2v) is 6.06. The zero-order chi connectivity index (χ0) is 16.2. The first-order chi connectivity index (χ1) is 11.2. The molecule has 0 saturated carbocycles. The van der Waals surface area contributed by atoms with E-state index < -0.39 is 0 Å². The van der Waals surface area contributed by atoms with Crippen LogP contribution in [-0.4, -0.2) is 60.3 Å². The molecule has 0 unspecified atom stereocenters. The minimum absolute atomic E-state index is 0.104. The summed E-state index contributed by atoms with van der Waals surface area (Å²) in [6.45, 7) is 3.11. The number of rotatable bonds is 3. The first-order valence-electron chi connectivity index (χ1n) is 8.15. The molecule has 0 radical (unpaired) electrons. The van der Waals surface area contributed by atoms with E-state index in [0.717, 1.165) is 18.9 Å². The van der Waals surface area contributed by atoms with Crippen LogP contribution < -0.4 is 4.90 Å². The first kappa shape index (κ1) is 15.7. The van der Waals surface area contributed by atoms with E-state index in [-0.39, 0.29) is 17.8 Å². The van der Waals surface area contributed by atoms with Crippen molar-refractivity contribution in [3.63, 3.8) is 0 Å². The van der Waals surface area contributed by atoms with E-state index in [4.69, 9.17) is 4.74 Å². The summed E-state index contributed by atoms with van der Waals surface area (Å²) in [6, 6.07) is 3.61. The number of anilines is 1. The van der Waals surface area contributed by atoms with Crippen LogP contribution in [0.5, 0.6) is 0 Å². The highest BCUT2D eigenvalue weighted by Crippen LogP contribution is 2.21. The molecule has 0 N–H and O–H groups in total. The average Bonchev–Trinajstić information content (AvgIpc) is 3.15. The van der Waals surface area contributed by atoms with Crippen LogP contribution in [0.2, 0.25) is 0 Å². The molecule has 1 amide bonds. The van der Waals surface area contributed by atoms with E-state index in [9.17, 15) is 9.59 Å². The number of carbonyl (C=O) groups is 2.